The highest BCUT2D eigenvalue weighted by Gasteiger charge is 2.72. The fraction of sp³-hybridized carbons (Fsp3) is 0.464. The van der Waals surface area contributed by atoms with E-state index in [1.807, 2.05) is 12.1 Å². The molecule has 1 spiro atoms. The molecule has 5 heteroatoms. The third kappa shape index (κ3) is 2.18. The Bertz CT molecular complexity index is 1330. The molecule has 3 heterocycles. The van der Waals surface area contributed by atoms with Gasteiger partial charge < -0.3 is 14.6 Å². The van der Waals surface area contributed by atoms with Crippen LogP contribution >= 0.6 is 0 Å². The Kier molecular flexibility index (Phi) is 3.45. The number of ether oxygens (including phenoxy) is 2. The summed E-state index contributed by atoms with van der Waals surface area (Å²) < 4.78 is 12.6. The average molecular weight is 441 g/mol. The Morgan fingerprint density at radius 1 is 1.18 bits per heavy atom. The number of nitrogens with zero attached hydrogens (tertiary/aromatic N) is 2. The first kappa shape index (κ1) is 18.8. The van der Waals surface area contributed by atoms with E-state index in [4.69, 9.17) is 14.5 Å². The van der Waals surface area contributed by atoms with Crippen LogP contribution in [0.2, 0.25) is 0 Å². The minimum absolute atomic E-state index is 0.101. The van der Waals surface area contributed by atoms with E-state index in [2.05, 4.69) is 35.2 Å². The number of hydrogen-bond donors (Lipinski definition) is 1. The molecular weight excluding hydrogens is 412 g/mol. The van der Waals surface area contributed by atoms with E-state index in [1.165, 1.54) is 24.0 Å². The number of benzene rings is 2. The molecule has 2 bridgehead atoms. The van der Waals surface area contributed by atoms with E-state index in [0.29, 0.717) is 6.42 Å². The molecule has 1 saturated carbocycles. The van der Waals surface area contributed by atoms with Gasteiger partial charge in [0.1, 0.15) is 0 Å². The van der Waals surface area contributed by atoms with Gasteiger partial charge in [0.05, 0.1) is 29.3 Å². The minimum Gasteiger partial charge on any atom is -0.493 e. The summed E-state index contributed by atoms with van der Waals surface area (Å²) in [4.78, 5) is 7.75. The van der Waals surface area contributed by atoms with Crippen molar-refractivity contribution in [2.75, 3.05) is 20.2 Å². The predicted molar refractivity (Wildman–Crippen MR) is 125 cm³/mol. The van der Waals surface area contributed by atoms with Crippen molar-refractivity contribution in [1.29, 1.82) is 0 Å². The number of piperidine rings is 1. The molecule has 2 aliphatic heterocycles. The summed E-state index contributed by atoms with van der Waals surface area (Å²) in [5.74, 6) is 2.39. The first-order chi connectivity index (χ1) is 16.1. The highest BCUT2D eigenvalue weighted by Crippen LogP contribution is 2.68. The molecule has 1 saturated heterocycles. The van der Waals surface area contributed by atoms with Crippen LogP contribution < -0.4 is 9.47 Å². The Morgan fingerprint density at radius 2 is 2.06 bits per heavy atom. The zero-order valence-corrected chi connectivity index (χ0v) is 18.9. The fourth-order valence-corrected chi connectivity index (χ4v) is 7.64. The zero-order chi connectivity index (χ0) is 21.9. The van der Waals surface area contributed by atoms with Crippen molar-refractivity contribution in [1.82, 2.24) is 9.88 Å². The van der Waals surface area contributed by atoms with Crippen LogP contribution in [-0.4, -0.2) is 46.8 Å². The third-order valence-corrected chi connectivity index (χ3v) is 9.26. The van der Waals surface area contributed by atoms with Gasteiger partial charge in [0.2, 0.25) is 0 Å². The molecule has 1 N–H and O–H groups in total. The van der Waals surface area contributed by atoms with E-state index in [0.717, 1.165) is 65.5 Å². The van der Waals surface area contributed by atoms with Gasteiger partial charge in [-0.2, -0.15) is 0 Å². The van der Waals surface area contributed by atoms with E-state index >= 15 is 0 Å². The van der Waals surface area contributed by atoms with Crippen molar-refractivity contribution < 1.29 is 14.6 Å². The van der Waals surface area contributed by atoms with Gasteiger partial charge in [-0.05, 0) is 67.5 Å². The molecule has 5 aliphatic rings. The van der Waals surface area contributed by atoms with Crippen LogP contribution in [0.4, 0.5) is 0 Å². The summed E-state index contributed by atoms with van der Waals surface area (Å²) in [5, 5.41) is 13.9. The SMILES string of the molecule is COc1ccc2c3c1OC1c4nc5ccccc5cc4CC4(O)[C@H](C2)N(CC2CC2)CC[C@]314. The Labute approximate surface area is 193 Å². The molecule has 8 rings (SSSR count). The molecule has 3 aromatic rings. The van der Waals surface area contributed by atoms with Crippen LogP contribution in [0.3, 0.4) is 0 Å². The van der Waals surface area contributed by atoms with Gasteiger partial charge >= 0.3 is 0 Å². The number of likely N-dealkylation sites (tertiary alicyclic amines) is 1. The largest absolute Gasteiger partial charge is 0.493 e. The average Bonchev–Trinajstić information content (AvgIpc) is 3.56. The molecule has 4 atom stereocenters. The van der Waals surface area contributed by atoms with Gasteiger partial charge in [-0.15, -0.1) is 0 Å². The quantitative estimate of drug-likeness (QED) is 0.669. The summed E-state index contributed by atoms with van der Waals surface area (Å²) in [6.07, 6.45) is 4.75. The standard InChI is InChI=1S/C28H28N2O3/c1-32-21-9-8-18-13-22-28(31)14-19-12-17-4-2-3-5-20(17)29-24(19)26-27(28,23(18)25(21)33-26)10-11-30(22)15-16-6-7-16/h2-5,8-9,12,16,22,26,31H,6-7,10-11,13-15H2,1H3/t22-,26?,27-,28?/m0/s1. The molecule has 2 unspecified atom stereocenters. The molecule has 0 radical (unpaired) electrons. The lowest BCUT2D eigenvalue weighted by Crippen LogP contribution is -2.74. The number of pyridine rings is 1. The highest BCUT2D eigenvalue weighted by molar-refractivity contribution is 5.80. The maximum Gasteiger partial charge on any atom is 0.166 e. The lowest BCUT2D eigenvalue weighted by atomic mass is 9.49. The Hall–Kier alpha value is -2.63. The fourth-order valence-electron chi connectivity index (χ4n) is 7.64. The van der Waals surface area contributed by atoms with Crippen LogP contribution in [-0.2, 0) is 18.3 Å². The molecular formula is C28H28N2O3. The molecule has 0 amide bonds. The van der Waals surface area contributed by atoms with E-state index in [1.54, 1.807) is 7.11 Å². The Balaban J connectivity index is 1.40. The predicted octanol–water partition coefficient (Wildman–Crippen LogP) is 3.94. The van der Waals surface area contributed by atoms with Crippen molar-refractivity contribution in [2.45, 2.75) is 55.3 Å². The smallest absolute Gasteiger partial charge is 0.166 e. The zero-order valence-electron chi connectivity index (χ0n) is 18.9. The van der Waals surface area contributed by atoms with Crippen LogP contribution in [0.5, 0.6) is 11.5 Å². The lowest BCUT2D eigenvalue weighted by Gasteiger charge is -2.63. The van der Waals surface area contributed by atoms with Crippen molar-refractivity contribution >= 4 is 10.9 Å². The van der Waals surface area contributed by atoms with E-state index in [-0.39, 0.29) is 12.1 Å². The van der Waals surface area contributed by atoms with E-state index in [9.17, 15) is 5.11 Å². The Morgan fingerprint density at radius 3 is 2.91 bits per heavy atom. The van der Waals surface area contributed by atoms with Crippen molar-refractivity contribution in [3.05, 3.63) is 64.8 Å². The number of methoxy groups -OCH3 is 1. The van der Waals surface area contributed by atoms with Crippen molar-refractivity contribution in [3.63, 3.8) is 0 Å². The van der Waals surface area contributed by atoms with Gasteiger partial charge in [-0.3, -0.25) is 4.90 Å². The van der Waals surface area contributed by atoms with E-state index < -0.39 is 11.0 Å². The molecule has 2 aromatic carbocycles. The molecule has 2 fully saturated rings. The van der Waals surface area contributed by atoms with Crippen LogP contribution in [0.15, 0.2) is 42.5 Å². The van der Waals surface area contributed by atoms with Gasteiger partial charge in [0.15, 0.2) is 17.6 Å². The third-order valence-electron chi connectivity index (χ3n) is 9.26. The minimum atomic E-state index is -0.882. The number of aliphatic hydroxyl groups is 1. The molecule has 168 valence electrons. The van der Waals surface area contributed by atoms with Gasteiger partial charge in [-0.1, -0.05) is 24.3 Å². The first-order valence-corrected chi connectivity index (χ1v) is 12.3. The van der Waals surface area contributed by atoms with Crippen LogP contribution in [0.25, 0.3) is 10.9 Å². The van der Waals surface area contributed by atoms with Crippen LogP contribution in [0, 0.1) is 5.92 Å². The maximum absolute atomic E-state index is 12.8. The van der Waals surface area contributed by atoms with Crippen LogP contribution in [0.1, 0.15) is 47.8 Å². The lowest BCUT2D eigenvalue weighted by molar-refractivity contribution is -0.173. The second-order valence-corrected chi connectivity index (χ2v) is 10.8. The summed E-state index contributed by atoms with van der Waals surface area (Å²) in [6.45, 7) is 2.11. The second-order valence-electron chi connectivity index (χ2n) is 10.8. The van der Waals surface area contributed by atoms with Gasteiger partial charge in [0, 0.05) is 30.0 Å². The molecule has 5 nitrogen and oxygen atoms in total. The number of hydrogen-bond acceptors (Lipinski definition) is 5. The monoisotopic (exact) mass is 440 g/mol. The number of rotatable bonds is 3. The normalized spacial score (nSPS) is 33.4. The number of para-hydroxylation sites is 1. The number of fused-ring (bicyclic) bond motifs is 3. The highest BCUT2D eigenvalue weighted by atomic mass is 16.5. The van der Waals surface area contributed by atoms with Crippen molar-refractivity contribution in [3.8, 4) is 11.5 Å². The molecule has 33 heavy (non-hydrogen) atoms. The molecule has 1 aromatic heterocycles. The number of aromatic nitrogens is 1. The summed E-state index contributed by atoms with van der Waals surface area (Å²) in [7, 11) is 1.71. The summed E-state index contributed by atoms with van der Waals surface area (Å²) in [5.41, 5.74) is 4.27. The second kappa shape index (κ2) is 6.08. The van der Waals surface area contributed by atoms with Gasteiger partial charge in [-0.25, -0.2) is 4.98 Å². The molecule has 3 aliphatic carbocycles. The van der Waals surface area contributed by atoms with Crippen molar-refractivity contribution in [2.24, 2.45) is 5.92 Å². The topological polar surface area (TPSA) is 54.8 Å². The summed E-state index contributed by atoms with van der Waals surface area (Å²) >= 11 is 0. The first-order valence-electron chi connectivity index (χ1n) is 12.3. The summed E-state index contributed by atoms with van der Waals surface area (Å²) in [6, 6.07) is 14.9. The maximum atomic E-state index is 12.8. The van der Waals surface area contributed by atoms with Gasteiger partial charge in [0.25, 0.3) is 0 Å².